The highest BCUT2D eigenvalue weighted by atomic mass is 32.3. The fourth-order valence-corrected chi connectivity index (χ4v) is 8.25. The molecule has 0 radical (unpaired) electrons. The molecule has 4 N–H and O–H groups in total. The molecule has 0 saturated carbocycles. The lowest BCUT2D eigenvalue weighted by Crippen LogP contribution is -2.42. The highest BCUT2D eigenvalue weighted by molar-refractivity contribution is 8.23. The molecule has 44 heavy (non-hydrogen) atoms. The van der Waals surface area contributed by atoms with Crippen molar-refractivity contribution in [3.8, 4) is 0 Å². The monoisotopic (exact) mass is 656 g/mol. The normalized spacial score (nSPS) is 18.4. The molecule has 2 aromatic carbocycles. The van der Waals surface area contributed by atoms with Crippen LogP contribution in [0.15, 0.2) is 53.4 Å². The minimum atomic E-state index is -5.54. The van der Waals surface area contributed by atoms with Gasteiger partial charge in [-0.25, -0.2) is 18.2 Å². The number of halogens is 3. The van der Waals surface area contributed by atoms with Crippen molar-refractivity contribution in [2.75, 3.05) is 0 Å². The van der Waals surface area contributed by atoms with E-state index in [2.05, 4.69) is 24.6 Å². The van der Waals surface area contributed by atoms with Crippen molar-refractivity contribution in [1.82, 2.24) is 28.9 Å². The van der Waals surface area contributed by atoms with E-state index in [-0.39, 0.29) is 34.5 Å². The van der Waals surface area contributed by atoms with Gasteiger partial charge in [-0.15, -0.1) is 10.8 Å². The van der Waals surface area contributed by atoms with Crippen molar-refractivity contribution < 1.29 is 45.1 Å². The zero-order valence-corrected chi connectivity index (χ0v) is 25.0. The molecule has 236 valence electrons. The zero-order chi connectivity index (χ0) is 32.2. The van der Waals surface area contributed by atoms with Crippen molar-refractivity contribution in [2.45, 2.75) is 49.1 Å². The first-order valence-corrected chi connectivity index (χ1v) is 16.0. The molecule has 1 amide bonds. The minimum absolute atomic E-state index is 0.00162. The number of hydroxylamine groups is 1. The molecule has 1 saturated heterocycles. The van der Waals surface area contributed by atoms with Gasteiger partial charge in [-0.2, -0.15) is 18.3 Å². The molecular formula is C26H27F3N6O7S2. The number of alkyl halides is 3. The van der Waals surface area contributed by atoms with Crippen LogP contribution in [0.2, 0.25) is 0 Å². The van der Waals surface area contributed by atoms with Crippen LogP contribution in [0, 0.1) is 13.8 Å². The number of carbonyl (C=O) groups excluding carboxylic acids is 2. The number of aryl methyl sites for hydroxylation is 2. The van der Waals surface area contributed by atoms with Gasteiger partial charge in [0.1, 0.15) is 22.0 Å². The molecule has 4 aromatic rings. The summed E-state index contributed by atoms with van der Waals surface area (Å²) in [6.07, 6.45) is -6.06. The Morgan fingerprint density at radius 1 is 1.18 bits per heavy atom. The predicted octanol–water partition coefficient (Wildman–Crippen LogP) is 4.14. The van der Waals surface area contributed by atoms with Gasteiger partial charge in [0.25, 0.3) is 10.0 Å². The highest BCUT2D eigenvalue weighted by Crippen LogP contribution is 2.56. The van der Waals surface area contributed by atoms with E-state index in [1.54, 1.807) is 24.3 Å². The summed E-state index contributed by atoms with van der Waals surface area (Å²) >= 11 is 0. The number of hydrogen-bond acceptors (Lipinski definition) is 9. The quantitative estimate of drug-likeness (QED) is 0.203. The Kier molecular flexibility index (Phi) is 8.00. The number of aromatic nitrogens is 4. The van der Waals surface area contributed by atoms with Gasteiger partial charge in [-0.3, -0.25) is 23.3 Å². The molecule has 18 heteroatoms. The SMILES string of the molecule is Cc1nn(C)c(C)c1S(=O)(=O)N(OC(=O)C(F)(F)F)[C@@H](Cc1ccc(C2CC(=O)NS2(O)O)cc1)c1nc2ccccc2[nH]1. The summed E-state index contributed by atoms with van der Waals surface area (Å²) in [7, 11) is -7.01. The minimum Gasteiger partial charge on any atom is -0.344 e. The number of aromatic amines is 1. The second-order valence-electron chi connectivity index (χ2n) is 10.2. The number of rotatable bonds is 8. The maximum atomic E-state index is 14.1. The smallest absolute Gasteiger partial charge is 0.344 e. The Balaban J connectivity index is 1.63. The Hall–Kier alpha value is -3.97. The van der Waals surface area contributed by atoms with Gasteiger partial charge in [0.2, 0.25) is 5.91 Å². The second kappa shape index (κ2) is 11.2. The summed E-state index contributed by atoms with van der Waals surface area (Å²) in [6, 6.07) is 10.9. The third-order valence-corrected chi connectivity index (χ3v) is 10.8. The molecule has 1 unspecified atom stereocenters. The van der Waals surface area contributed by atoms with Gasteiger partial charge in [-0.1, -0.05) is 36.4 Å². The van der Waals surface area contributed by atoms with E-state index in [0.717, 1.165) is 0 Å². The summed E-state index contributed by atoms with van der Waals surface area (Å²) in [5.41, 5.74) is 1.61. The lowest BCUT2D eigenvalue weighted by atomic mass is 10.0. The molecule has 2 atom stereocenters. The molecule has 2 aromatic heterocycles. The molecule has 0 spiro atoms. The molecular weight excluding hydrogens is 629 g/mol. The molecule has 5 rings (SSSR count). The van der Waals surface area contributed by atoms with E-state index in [1.807, 2.05) is 0 Å². The van der Waals surface area contributed by atoms with Crippen molar-refractivity contribution >= 4 is 43.7 Å². The fourth-order valence-electron chi connectivity index (χ4n) is 5.00. The number of para-hydroxylation sites is 2. The van der Waals surface area contributed by atoms with Crippen LogP contribution in [0.5, 0.6) is 0 Å². The summed E-state index contributed by atoms with van der Waals surface area (Å²) in [4.78, 5) is 35.5. The van der Waals surface area contributed by atoms with Crippen molar-refractivity contribution in [1.29, 1.82) is 0 Å². The van der Waals surface area contributed by atoms with Gasteiger partial charge in [0, 0.05) is 7.05 Å². The Labute approximate surface area is 250 Å². The summed E-state index contributed by atoms with van der Waals surface area (Å²) < 4.78 is 92.6. The summed E-state index contributed by atoms with van der Waals surface area (Å²) in [6.45, 7) is 2.75. The lowest BCUT2D eigenvalue weighted by molar-refractivity contribution is -0.227. The van der Waals surface area contributed by atoms with Crippen LogP contribution in [0.25, 0.3) is 11.0 Å². The standard InChI is InChI=1S/C26H27F3N6O7S2/c1-14-23(15(2)34(3)32-14)44(40,41)35(42-25(37)26(27,28)29)20(24-30-18-6-4-5-7-19(18)31-24)12-16-8-10-17(11-9-16)21-13-22(36)33-43(21,38)39/h4-11,20-21,38-39H,12-13H2,1-3H3,(H,30,31)(H,33,36)/t20-,21?/m0/s1. The van der Waals surface area contributed by atoms with Crippen LogP contribution in [0.3, 0.4) is 0 Å². The number of carbonyl (C=O) groups is 2. The average molecular weight is 657 g/mol. The van der Waals surface area contributed by atoms with Crippen LogP contribution in [0.4, 0.5) is 13.2 Å². The number of fused-ring (bicyclic) bond motifs is 1. The fraction of sp³-hybridized carbons (Fsp3) is 0.308. The molecule has 0 aliphatic carbocycles. The first-order chi connectivity index (χ1) is 20.5. The number of nitrogens with zero attached hydrogens (tertiary/aromatic N) is 4. The third kappa shape index (κ3) is 5.90. The predicted molar refractivity (Wildman–Crippen MR) is 151 cm³/mol. The van der Waals surface area contributed by atoms with E-state index in [4.69, 9.17) is 0 Å². The number of nitrogens with one attached hydrogen (secondary N) is 2. The molecule has 13 nitrogen and oxygen atoms in total. The van der Waals surface area contributed by atoms with Crippen molar-refractivity contribution in [2.24, 2.45) is 7.05 Å². The van der Waals surface area contributed by atoms with Crippen LogP contribution < -0.4 is 4.72 Å². The first-order valence-electron chi connectivity index (χ1n) is 12.9. The highest BCUT2D eigenvalue weighted by Gasteiger charge is 2.48. The third-order valence-electron chi connectivity index (χ3n) is 7.13. The first kappa shape index (κ1) is 31.5. The van der Waals surface area contributed by atoms with Crippen molar-refractivity contribution in [3.05, 3.63) is 76.9 Å². The molecule has 3 heterocycles. The number of amides is 1. The van der Waals surface area contributed by atoms with Gasteiger partial charge < -0.3 is 9.82 Å². The maximum Gasteiger partial charge on any atom is 0.492 e. The average Bonchev–Trinajstić information content (AvgIpc) is 3.57. The number of hydrogen-bond donors (Lipinski definition) is 4. The van der Waals surface area contributed by atoms with E-state index in [0.29, 0.717) is 22.2 Å². The van der Waals surface area contributed by atoms with Crippen molar-refractivity contribution in [3.63, 3.8) is 0 Å². The Morgan fingerprint density at radius 3 is 2.39 bits per heavy atom. The topological polar surface area (TPSA) is 180 Å². The van der Waals surface area contributed by atoms with E-state index in [9.17, 15) is 40.3 Å². The lowest BCUT2D eigenvalue weighted by Gasteiger charge is -2.33. The summed E-state index contributed by atoms with van der Waals surface area (Å²) in [5, 5.41) is 3.13. The molecule has 1 aliphatic heterocycles. The van der Waals surface area contributed by atoms with Crippen LogP contribution in [-0.2, 0) is 37.9 Å². The van der Waals surface area contributed by atoms with Crippen LogP contribution in [0.1, 0.15) is 46.1 Å². The molecule has 0 bridgehead atoms. The van der Waals surface area contributed by atoms with Gasteiger partial charge in [0.05, 0.1) is 28.8 Å². The maximum absolute atomic E-state index is 14.1. The van der Waals surface area contributed by atoms with Crippen LogP contribution in [-0.4, -0.2) is 59.8 Å². The molecule has 1 fully saturated rings. The van der Waals surface area contributed by atoms with E-state index < -0.39 is 55.0 Å². The van der Waals surface area contributed by atoms with E-state index in [1.165, 1.54) is 49.8 Å². The van der Waals surface area contributed by atoms with Gasteiger partial charge in [-0.05, 0) is 48.0 Å². The molecule has 1 aliphatic rings. The second-order valence-corrected chi connectivity index (χ2v) is 13.8. The number of benzene rings is 2. The van der Waals surface area contributed by atoms with E-state index >= 15 is 0 Å². The van der Waals surface area contributed by atoms with Gasteiger partial charge in [0.15, 0.2) is 0 Å². The Bertz CT molecular complexity index is 1820. The number of imidazole rings is 1. The largest absolute Gasteiger partial charge is 0.492 e. The van der Waals surface area contributed by atoms with Crippen LogP contribution >= 0.6 is 10.8 Å². The number of H-pyrrole nitrogens is 1. The number of sulfonamides is 1. The Morgan fingerprint density at radius 2 is 1.84 bits per heavy atom. The summed E-state index contributed by atoms with van der Waals surface area (Å²) in [5.74, 6) is -3.43. The zero-order valence-electron chi connectivity index (χ0n) is 23.4. The van der Waals surface area contributed by atoms with Gasteiger partial charge >= 0.3 is 12.1 Å².